The molecule has 4 heteroatoms. The van der Waals surface area contributed by atoms with E-state index < -0.39 is 10.8 Å². The molecule has 0 aromatic heterocycles. The highest BCUT2D eigenvalue weighted by molar-refractivity contribution is 6.05. The SMILES string of the molecule is CC(C)(C)CC(c1ccccc1)C(C)(C)C(=O)C(C)(C)CC1C(=O)N(c2ccc(N)cc2)C1(C)C. The lowest BCUT2D eigenvalue weighted by Gasteiger charge is -2.56. The van der Waals surface area contributed by atoms with E-state index in [2.05, 4.69) is 72.7 Å². The topological polar surface area (TPSA) is 63.4 Å². The summed E-state index contributed by atoms with van der Waals surface area (Å²) < 4.78 is 0. The van der Waals surface area contributed by atoms with Crippen LogP contribution in [0.2, 0.25) is 0 Å². The van der Waals surface area contributed by atoms with Crippen molar-refractivity contribution in [3.63, 3.8) is 0 Å². The predicted octanol–water partition coefficient (Wildman–Crippen LogP) is 7.24. The number of hydrogen-bond acceptors (Lipinski definition) is 3. The van der Waals surface area contributed by atoms with Crippen LogP contribution in [0.15, 0.2) is 54.6 Å². The Labute approximate surface area is 212 Å². The summed E-state index contributed by atoms with van der Waals surface area (Å²) in [4.78, 5) is 29.4. The summed E-state index contributed by atoms with van der Waals surface area (Å²) in [6.45, 7) is 19.1. The second-order valence-electron chi connectivity index (χ2n) is 13.3. The molecule has 1 saturated heterocycles. The van der Waals surface area contributed by atoms with Gasteiger partial charge in [-0.2, -0.15) is 0 Å². The van der Waals surface area contributed by atoms with Crippen LogP contribution in [0, 0.1) is 22.2 Å². The minimum absolute atomic E-state index is 0.0766. The van der Waals surface area contributed by atoms with E-state index in [4.69, 9.17) is 5.73 Å². The van der Waals surface area contributed by atoms with Crippen molar-refractivity contribution in [2.24, 2.45) is 22.2 Å². The summed E-state index contributed by atoms with van der Waals surface area (Å²) in [5, 5.41) is 0. The number of β-lactam (4-membered cyclic amide) rings is 1. The van der Waals surface area contributed by atoms with Gasteiger partial charge in [0.2, 0.25) is 5.91 Å². The lowest BCUT2D eigenvalue weighted by atomic mass is 9.58. The number of nitrogens with zero attached hydrogens (tertiary/aromatic N) is 1. The molecular formula is C31H44N2O2. The average molecular weight is 477 g/mol. The monoisotopic (exact) mass is 476 g/mol. The second kappa shape index (κ2) is 9.11. The van der Waals surface area contributed by atoms with Gasteiger partial charge in [-0.3, -0.25) is 9.59 Å². The van der Waals surface area contributed by atoms with Crippen molar-refractivity contribution in [3.05, 3.63) is 60.2 Å². The van der Waals surface area contributed by atoms with Gasteiger partial charge in [0.25, 0.3) is 0 Å². The maximum atomic E-state index is 14.2. The highest BCUT2D eigenvalue weighted by Gasteiger charge is 2.57. The highest BCUT2D eigenvalue weighted by atomic mass is 16.2. The van der Waals surface area contributed by atoms with Gasteiger partial charge in [-0.15, -0.1) is 0 Å². The van der Waals surface area contributed by atoms with E-state index >= 15 is 0 Å². The van der Waals surface area contributed by atoms with Gasteiger partial charge in [0.05, 0.1) is 11.5 Å². The maximum Gasteiger partial charge on any atom is 0.233 e. The molecule has 2 aromatic carbocycles. The van der Waals surface area contributed by atoms with Crippen molar-refractivity contribution in [2.75, 3.05) is 10.6 Å². The van der Waals surface area contributed by atoms with Crippen LogP contribution in [-0.4, -0.2) is 17.2 Å². The first-order valence-electron chi connectivity index (χ1n) is 12.8. The fourth-order valence-corrected chi connectivity index (χ4v) is 5.97. The van der Waals surface area contributed by atoms with E-state index in [1.54, 1.807) is 0 Å². The van der Waals surface area contributed by atoms with Gasteiger partial charge in [0, 0.05) is 22.2 Å². The summed E-state index contributed by atoms with van der Waals surface area (Å²) in [5.41, 5.74) is 7.05. The standard InChI is InChI=1S/C31H44N2O2/c1-28(2,3)19-24(21-13-11-10-12-14-21)30(6,7)27(35)29(4,5)20-25-26(34)33(31(25,8)9)23-17-15-22(32)16-18-23/h10-18,24-25H,19-20,32H2,1-9H3. The van der Waals surface area contributed by atoms with Crippen LogP contribution in [0.25, 0.3) is 0 Å². The number of hydrogen-bond donors (Lipinski definition) is 1. The molecule has 1 aliphatic heterocycles. The number of amides is 1. The van der Waals surface area contributed by atoms with Crippen LogP contribution in [0.4, 0.5) is 11.4 Å². The van der Waals surface area contributed by atoms with Gasteiger partial charge in [-0.25, -0.2) is 0 Å². The third kappa shape index (κ3) is 5.32. The van der Waals surface area contributed by atoms with E-state index in [1.165, 1.54) is 5.56 Å². The zero-order chi connectivity index (χ0) is 26.4. The molecule has 0 bridgehead atoms. The van der Waals surface area contributed by atoms with E-state index in [0.717, 1.165) is 12.1 Å². The van der Waals surface area contributed by atoms with Crippen LogP contribution in [0.1, 0.15) is 86.6 Å². The molecule has 2 N–H and O–H groups in total. The molecule has 0 aliphatic carbocycles. The van der Waals surface area contributed by atoms with Crippen molar-refractivity contribution in [3.8, 4) is 0 Å². The summed E-state index contributed by atoms with van der Waals surface area (Å²) in [7, 11) is 0. The quantitative estimate of drug-likeness (QED) is 0.322. The smallest absolute Gasteiger partial charge is 0.233 e. The van der Waals surface area contributed by atoms with Crippen LogP contribution in [0.3, 0.4) is 0 Å². The fourth-order valence-electron chi connectivity index (χ4n) is 5.97. The van der Waals surface area contributed by atoms with Crippen LogP contribution in [-0.2, 0) is 9.59 Å². The number of Topliss-reactive ketones (excluding diaryl/α,β-unsaturated/α-hetero) is 1. The zero-order valence-corrected chi connectivity index (χ0v) is 23.1. The largest absolute Gasteiger partial charge is 0.399 e. The molecule has 0 saturated carbocycles. The number of anilines is 2. The second-order valence-corrected chi connectivity index (χ2v) is 13.3. The molecule has 190 valence electrons. The minimum Gasteiger partial charge on any atom is -0.399 e. The summed E-state index contributed by atoms with van der Waals surface area (Å²) >= 11 is 0. The molecule has 2 atom stereocenters. The van der Waals surface area contributed by atoms with Crippen molar-refractivity contribution in [2.45, 2.75) is 86.6 Å². The lowest BCUT2D eigenvalue weighted by molar-refractivity contribution is -0.143. The fraction of sp³-hybridized carbons (Fsp3) is 0.548. The Morgan fingerprint density at radius 1 is 0.943 bits per heavy atom. The van der Waals surface area contributed by atoms with Gasteiger partial charge < -0.3 is 10.6 Å². The lowest BCUT2D eigenvalue weighted by Crippen LogP contribution is -2.69. The third-order valence-corrected chi connectivity index (χ3v) is 7.90. The Balaban J connectivity index is 1.86. The molecule has 2 unspecified atom stereocenters. The average Bonchev–Trinajstić information content (AvgIpc) is 2.76. The predicted molar refractivity (Wildman–Crippen MR) is 146 cm³/mol. The van der Waals surface area contributed by atoms with Crippen molar-refractivity contribution in [1.29, 1.82) is 0 Å². The number of carbonyl (C=O) groups is 2. The molecule has 4 nitrogen and oxygen atoms in total. The number of nitrogen functional groups attached to an aromatic ring is 1. The van der Waals surface area contributed by atoms with Crippen molar-refractivity contribution in [1.82, 2.24) is 0 Å². The van der Waals surface area contributed by atoms with Gasteiger partial charge in [0.15, 0.2) is 0 Å². The molecule has 1 amide bonds. The molecule has 1 heterocycles. The molecular weight excluding hydrogens is 432 g/mol. The van der Waals surface area contributed by atoms with Gasteiger partial charge in [-0.1, -0.05) is 78.8 Å². The van der Waals surface area contributed by atoms with Gasteiger partial charge >= 0.3 is 0 Å². The Bertz CT molecular complexity index is 1060. The number of rotatable bonds is 8. The molecule has 1 fully saturated rings. The summed E-state index contributed by atoms with van der Waals surface area (Å²) in [5.74, 6) is 0.171. The van der Waals surface area contributed by atoms with E-state index in [9.17, 15) is 9.59 Å². The Kier molecular flexibility index (Phi) is 7.02. The van der Waals surface area contributed by atoms with Gasteiger partial charge in [0.1, 0.15) is 5.78 Å². The van der Waals surface area contributed by atoms with E-state index in [0.29, 0.717) is 12.1 Å². The summed E-state index contributed by atoms with van der Waals surface area (Å²) in [6, 6.07) is 17.8. The summed E-state index contributed by atoms with van der Waals surface area (Å²) in [6.07, 6.45) is 1.44. The number of benzene rings is 2. The highest BCUT2D eigenvalue weighted by Crippen LogP contribution is 2.51. The molecule has 35 heavy (non-hydrogen) atoms. The molecule has 2 aromatic rings. The number of carbonyl (C=O) groups excluding carboxylic acids is 2. The van der Waals surface area contributed by atoms with Crippen LogP contribution in [0.5, 0.6) is 0 Å². The first-order chi connectivity index (χ1) is 16.0. The van der Waals surface area contributed by atoms with E-state index in [1.807, 2.05) is 49.1 Å². The molecule has 0 spiro atoms. The Morgan fingerprint density at radius 3 is 1.97 bits per heavy atom. The maximum absolute atomic E-state index is 14.2. The van der Waals surface area contributed by atoms with Crippen LogP contribution >= 0.6 is 0 Å². The van der Waals surface area contributed by atoms with Crippen LogP contribution < -0.4 is 10.6 Å². The van der Waals surface area contributed by atoms with E-state index in [-0.39, 0.29) is 34.5 Å². The first-order valence-corrected chi connectivity index (χ1v) is 12.8. The first kappa shape index (κ1) is 27.0. The number of ketones is 1. The van der Waals surface area contributed by atoms with Crippen molar-refractivity contribution >= 4 is 23.1 Å². The molecule has 0 radical (unpaired) electrons. The Morgan fingerprint density at radius 2 is 1.49 bits per heavy atom. The van der Waals surface area contributed by atoms with Crippen molar-refractivity contribution < 1.29 is 9.59 Å². The number of nitrogens with two attached hydrogens (primary N) is 1. The molecule has 1 aliphatic rings. The molecule has 3 rings (SSSR count). The zero-order valence-electron chi connectivity index (χ0n) is 23.1. The Hall–Kier alpha value is -2.62. The van der Waals surface area contributed by atoms with Gasteiger partial charge in [-0.05, 0) is 67.9 Å². The normalized spacial score (nSPS) is 19.3. The minimum atomic E-state index is -0.640. The third-order valence-electron chi connectivity index (χ3n) is 7.90.